The molecule has 2 aliphatic rings. The molecule has 1 amide bonds. The molecular weight excluding hydrogens is 388 g/mol. The number of carbonyl (C=O) groups excluding carboxylic acids is 1. The van der Waals surface area contributed by atoms with Gasteiger partial charge >= 0.3 is 0 Å². The fraction of sp³-hybridized carbons (Fsp3) is 0.667. The molecule has 162 valence electrons. The van der Waals surface area contributed by atoms with Crippen LogP contribution in [0.5, 0.6) is 0 Å². The number of hydrogen-bond donors (Lipinski definition) is 0. The highest BCUT2D eigenvalue weighted by molar-refractivity contribution is 7.88. The first-order valence-electron chi connectivity index (χ1n) is 10.5. The van der Waals surface area contributed by atoms with Crippen molar-refractivity contribution in [3.8, 4) is 0 Å². The minimum Gasteiger partial charge on any atom is -0.369 e. The van der Waals surface area contributed by atoms with Crippen molar-refractivity contribution in [1.82, 2.24) is 14.1 Å². The molecule has 0 saturated carbocycles. The van der Waals surface area contributed by atoms with Crippen molar-refractivity contribution in [3.05, 3.63) is 29.8 Å². The number of likely N-dealkylation sites (tertiary alicyclic amines) is 1. The van der Waals surface area contributed by atoms with E-state index in [1.54, 1.807) is 7.05 Å². The van der Waals surface area contributed by atoms with Gasteiger partial charge in [0.25, 0.3) is 5.91 Å². The quantitative estimate of drug-likeness (QED) is 0.723. The lowest BCUT2D eigenvalue weighted by molar-refractivity contribution is 0.0686. The third-order valence-corrected chi connectivity index (χ3v) is 7.66. The van der Waals surface area contributed by atoms with E-state index in [-0.39, 0.29) is 11.9 Å². The Morgan fingerprint density at radius 1 is 1.00 bits per heavy atom. The number of amides is 1. The predicted molar refractivity (Wildman–Crippen MR) is 117 cm³/mol. The summed E-state index contributed by atoms with van der Waals surface area (Å²) in [6.45, 7) is 9.78. The molecule has 2 heterocycles. The smallest absolute Gasteiger partial charge is 0.253 e. The van der Waals surface area contributed by atoms with Crippen molar-refractivity contribution in [1.29, 1.82) is 0 Å². The zero-order valence-corrected chi connectivity index (χ0v) is 18.9. The monoisotopic (exact) mass is 422 g/mol. The lowest BCUT2D eigenvalue weighted by atomic mass is 10.0. The van der Waals surface area contributed by atoms with Crippen molar-refractivity contribution in [2.45, 2.75) is 38.8 Å². The molecule has 7 nitrogen and oxygen atoms in total. The summed E-state index contributed by atoms with van der Waals surface area (Å²) in [5, 5.41) is 0. The minimum atomic E-state index is -3.19. The Hall–Kier alpha value is -1.64. The molecule has 2 fully saturated rings. The van der Waals surface area contributed by atoms with E-state index in [4.69, 9.17) is 0 Å². The first-order chi connectivity index (χ1) is 13.7. The van der Waals surface area contributed by atoms with Crippen molar-refractivity contribution in [3.63, 3.8) is 0 Å². The second-order valence-corrected chi connectivity index (χ2v) is 10.5. The fourth-order valence-electron chi connectivity index (χ4n) is 4.20. The molecule has 0 spiro atoms. The van der Waals surface area contributed by atoms with Gasteiger partial charge in [0.2, 0.25) is 10.0 Å². The van der Waals surface area contributed by atoms with Gasteiger partial charge in [-0.15, -0.1) is 0 Å². The van der Waals surface area contributed by atoms with Gasteiger partial charge in [0.15, 0.2) is 0 Å². The maximum absolute atomic E-state index is 12.9. The summed E-state index contributed by atoms with van der Waals surface area (Å²) in [5.41, 5.74) is 1.86. The van der Waals surface area contributed by atoms with Crippen molar-refractivity contribution in [2.24, 2.45) is 0 Å². The summed E-state index contributed by atoms with van der Waals surface area (Å²) in [6, 6.07) is 8.48. The molecule has 3 rings (SSSR count). The average molecular weight is 423 g/mol. The van der Waals surface area contributed by atoms with Gasteiger partial charge in [-0.25, -0.2) is 12.7 Å². The van der Waals surface area contributed by atoms with E-state index in [1.807, 2.05) is 29.2 Å². The maximum Gasteiger partial charge on any atom is 0.253 e. The molecular formula is C21H34N4O3S. The summed E-state index contributed by atoms with van der Waals surface area (Å²) >= 11 is 0. The Balaban J connectivity index is 1.55. The molecule has 0 radical (unpaired) electrons. The van der Waals surface area contributed by atoms with Crippen LogP contribution >= 0.6 is 0 Å². The van der Waals surface area contributed by atoms with Crippen molar-refractivity contribution in [2.75, 3.05) is 57.5 Å². The number of piperazine rings is 1. The molecule has 0 aromatic heterocycles. The van der Waals surface area contributed by atoms with E-state index >= 15 is 0 Å². The normalized spacial score (nSPS) is 19.9. The van der Waals surface area contributed by atoms with E-state index in [2.05, 4.69) is 23.6 Å². The van der Waals surface area contributed by atoms with Crippen LogP contribution in [-0.2, 0) is 10.0 Å². The molecule has 0 atom stereocenters. The van der Waals surface area contributed by atoms with E-state index < -0.39 is 10.0 Å². The molecule has 1 aromatic carbocycles. The van der Waals surface area contributed by atoms with Crippen LogP contribution < -0.4 is 4.90 Å². The largest absolute Gasteiger partial charge is 0.369 e. The standard InChI is InChI=1S/C21H34N4O3S/c1-17(2)23-13-15-24(16-14-23)20-7-5-18(6-8-20)21(26)25-11-9-19(10-12-25)22(3)29(4,27)28/h5-8,17,19H,9-16H2,1-4H3. The highest BCUT2D eigenvalue weighted by Crippen LogP contribution is 2.22. The Kier molecular flexibility index (Phi) is 6.86. The van der Waals surface area contributed by atoms with Crippen LogP contribution in [0.15, 0.2) is 24.3 Å². The van der Waals surface area contributed by atoms with Crippen LogP contribution in [0.25, 0.3) is 0 Å². The van der Waals surface area contributed by atoms with E-state index in [0.717, 1.165) is 26.2 Å². The second-order valence-electron chi connectivity index (χ2n) is 8.47. The number of piperidine rings is 1. The van der Waals surface area contributed by atoms with Gasteiger partial charge in [0.1, 0.15) is 0 Å². The highest BCUT2D eigenvalue weighted by atomic mass is 32.2. The number of carbonyl (C=O) groups is 1. The zero-order chi connectivity index (χ0) is 21.2. The number of nitrogens with zero attached hydrogens (tertiary/aromatic N) is 4. The van der Waals surface area contributed by atoms with Crippen LogP contribution in [0.3, 0.4) is 0 Å². The first-order valence-corrected chi connectivity index (χ1v) is 12.3. The van der Waals surface area contributed by atoms with Crippen LogP contribution in [0.1, 0.15) is 37.0 Å². The van der Waals surface area contributed by atoms with E-state index in [0.29, 0.717) is 37.5 Å². The number of benzene rings is 1. The van der Waals surface area contributed by atoms with E-state index in [9.17, 15) is 13.2 Å². The molecule has 29 heavy (non-hydrogen) atoms. The molecule has 2 aliphatic heterocycles. The molecule has 8 heteroatoms. The van der Waals surface area contributed by atoms with E-state index in [1.165, 1.54) is 16.2 Å². The average Bonchev–Trinajstić information content (AvgIpc) is 2.72. The summed E-state index contributed by atoms with van der Waals surface area (Å²) in [6.07, 6.45) is 2.58. The van der Waals surface area contributed by atoms with Gasteiger partial charge in [-0.05, 0) is 51.0 Å². The lowest BCUT2D eigenvalue weighted by Crippen LogP contribution is -2.48. The molecule has 0 aliphatic carbocycles. The Morgan fingerprint density at radius 3 is 2.03 bits per heavy atom. The van der Waals surface area contributed by atoms with Crippen LogP contribution in [0.4, 0.5) is 5.69 Å². The van der Waals surface area contributed by atoms with Gasteiger partial charge in [-0.2, -0.15) is 0 Å². The molecule has 0 unspecified atom stereocenters. The van der Waals surface area contributed by atoms with Gasteiger partial charge in [0, 0.05) is 69.7 Å². The number of anilines is 1. The summed E-state index contributed by atoms with van der Waals surface area (Å²) < 4.78 is 24.9. The number of sulfonamides is 1. The molecule has 0 bridgehead atoms. The fourth-order valence-corrected chi connectivity index (χ4v) is 4.95. The Labute approximate surface area is 175 Å². The van der Waals surface area contributed by atoms with Gasteiger partial charge < -0.3 is 9.80 Å². The lowest BCUT2D eigenvalue weighted by Gasteiger charge is -2.38. The molecule has 1 aromatic rings. The first kappa shape index (κ1) is 22.1. The summed E-state index contributed by atoms with van der Waals surface area (Å²) in [7, 11) is -1.57. The SMILES string of the molecule is CC(C)N1CCN(c2ccc(C(=O)N3CCC(N(C)S(C)(=O)=O)CC3)cc2)CC1. The minimum absolute atomic E-state index is 0.0269. The van der Waals surface area contributed by atoms with Crippen LogP contribution in [0, 0.1) is 0 Å². The zero-order valence-electron chi connectivity index (χ0n) is 18.0. The Morgan fingerprint density at radius 2 is 1.55 bits per heavy atom. The number of rotatable bonds is 5. The van der Waals surface area contributed by atoms with Crippen LogP contribution in [-0.4, -0.2) is 93.1 Å². The van der Waals surface area contributed by atoms with Gasteiger partial charge in [-0.3, -0.25) is 9.69 Å². The highest BCUT2D eigenvalue weighted by Gasteiger charge is 2.29. The molecule has 0 N–H and O–H groups in total. The Bertz CT molecular complexity index is 794. The van der Waals surface area contributed by atoms with Gasteiger partial charge in [-0.1, -0.05) is 0 Å². The number of hydrogen-bond acceptors (Lipinski definition) is 5. The summed E-state index contributed by atoms with van der Waals surface area (Å²) in [5.74, 6) is 0.0293. The van der Waals surface area contributed by atoms with Crippen molar-refractivity contribution >= 4 is 21.6 Å². The van der Waals surface area contributed by atoms with Crippen LogP contribution in [0.2, 0.25) is 0 Å². The molecule has 2 saturated heterocycles. The van der Waals surface area contributed by atoms with Crippen molar-refractivity contribution < 1.29 is 13.2 Å². The third-order valence-electron chi connectivity index (χ3n) is 6.31. The predicted octanol–water partition coefficient (Wildman–Crippen LogP) is 1.71. The van der Waals surface area contributed by atoms with Gasteiger partial charge in [0.05, 0.1) is 6.26 Å². The third kappa shape index (κ3) is 5.29. The maximum atomic E-state index is 12.9. The summed E-state index contributed by atoms with van der Waals surface area (Å²) in [4.78, 5) is 19.5. The topological polar surface area (TPSA) is 64.2 Å². The second kappa shape index (κ2) is 9.02.